The van der Waals surface area contributed by atoms with E-state index in [1.54, 1.807) is 24.3 Å². The number of benzene rings is 2. The first-order valence-corrected chi connectivity index (χ1v) is 8.77. The summed E-state index contributed by atoms with van der Waals surface area (Å²) in [6.07, 6.45) is 0. The Morgan fingerprint density at radius 1 is 0.900 bits per heavy atom. The van der Waals surface area contributed by atoms with Gasteiger partial charge in [-0.05, 0) is 54.1 Å². The van der Waals surface area contributed by atoms with Crippen LogP contribution in [-0.2, 0) is 9.84 Å². The minimum atomic E-state index is -3.40. The summed E-state index contributed by atoms with van der Waals surface area (Å²) in [5, 5.41) is 1.32. The van der Waals surface area contributed by atoms with Gasteiger partial charge in [0, 0.05) is 8.99 Å². The molecule has 2 rings (SSSR count). The predicted molar refractivity (Wildman–Crippen MR) is 91.5 cm³/mol. The molecule has 0 saturated carbocycles. The van der Waals surface area contributed by atoms with Crippen molar-refractivity contribution >= 4 is 36.0 Å². The lowest BCUT2D eigenvalue weighted by Gasteiger charge is -2.03. The number of hydrogen-bond acceptors (Lipinski definition) is 2. The molecule has 0 saturated heterocycles. The molecule has 0 N–H and O–H groups in total. The van der Waals surface area contributed by atoms with E-state index in [9.17, 15) is 8.42 Å². The molecule has 2 aromatic rings. The van der Waals surface area contributed by atoms with Gasteiger partial charge in [0.1, 0.15) is 0 Å². The standard InChI is InChI=1S/C16H15IO2S/c1-12-3-7-14(8-4-12)16(17)11-20(18,19)15-9-5-13(2)6-10-15/h3-11H,1-2H3/b16-11-. The lowest BCUT2D eigenvalue weighted by molar-refractivity contribution is 0.605. The fraction of sp³-hybridized carbons (Fsp3) is 0.125. The van der Waals surface area contributed by atoms with Crippen LogP contribution in [0.4, 0.5) is 0 Å². The molecule has 0 spiro atoms. The summed E-state index contributed by atoms with van der Waals surface area (Å²) < 4.78 is 25.3. The molecule has 0 aliphatic heterocycles. The van der Waals surface area contributed by atoms with Gasteiger partial charge in [-0.2, -0.15) is 0 Å². The zero-order chi connectivity index (χ0) is 14.8. The number of rotatable bonds is 3. The monoisotopic (exact) mass is 398 g/mol. The first-order chi connectivity index (χ1) is 9.38. The van der Waals surface area contributed by atoms with Crippen LogP contribution in [0.25, 0.3) is 3.58 Å². The van der Waals surface area contributed by atoms with Crippen molar-refractivity contribution in [1.29, 1.82) is 0 Å². The van der Waals surface area contributed by atoms with Crippen LogP contribution in [0.15, 0.2) is 58.8 Å². The fourth-order valence-corrected chi connectivity index (χ4v) is 4.14. The van der Waals surface area contributed by atoms with Gasteiger partial charge in [0.15, 0.2) is 0 Å². The van der Waals surface area contributed by atoms with Crippen molar-refractivity contribution in [3.05, 3.63) is 70.6 Å². The molecule has 0 unspecified atom stereocenters. The topological polar surface area (TPSA) is 34.1 Å². The molecule has 2 nitrogen and oxygen atoms in total. The third kappa shape index (κ3) is 3.70. The quantitative estimate of drug-likeness (QED) is 0.713. The van der Waals surface area contributed by atoms with Gasteiger partial charge < -0.3 is 0 Å². The van der Waals surface area contributed by atoms with E-state index >= 15 is 0 Å². The van der Waals surface area contributed by atoms with Gasteiger partial charge in [-0.25, -0.2) is 8.42 Å². The van der Waals surface area contributed by atoms with E-state index in [2.05, 4.69) is 22.6 Å². The molecule has 0 aromatic heterocycles. The summed E-state index contributed by atoms with van der Waals surface area (Å²) in [5.41, 5.74) is 3.10. The highest BCUT2D eigenvalue weighted by Crippen LogP contribution is 2.26. The molecule has 0 bridgehead atoms. The van der Waals surface area contributed by atoms with Gasteiger partial charge in [-0.1, -0.05) is 47.5 Å². The third-order valence-electron chi connectivity index (χ3n) is 2.94. The lowest BCUT2D eigenvalue weighted by Crippen LogP contribution is -1.97. The Bertz CT molecular complexity index is 727. The Balaban J connectivity index is 2.37. The first kappa shape index (κ1) is 15.3. The van der Waals surface area contributed by atoms with Gasteiger partial charge in [0.25, 0.3) is 0 Å². The molecule has 0 heterocycles. The summed E-state index contributed by atoms with van der Waals surface area (Å²) in [5.74, 6) is 0. The van der Waals surface area contributed by atoms with E-state index in [0.717, 1.165) is 16.7 Å². The summed E-state index contributed by atoms with van der Waals surface area (Å²) in [7, 11) is -3.40. The molecule has 0 fully saturated rings. The minimum Gasteiger partial charge on any atom is -0.219 e. The van der Waals surface area contributed by atoms with Crippen LogP contribution in [0.1, 0.15) is 16.7 Å². The van der Waals surface area contributed by atoms with Gasteiger partial charge in [0.05, 0.1) is 4.90 Å². The predicted octanol–water partition coefficient (Wildman–Crippen LogP) is 4.51. The van der Waals surface area contributed by atoms with Crippen molar-refractivity contribution in [3.63, 3.8) is 0 Å². The highest BCUT2D eigenvalue weighted by Gasteiger charge is 2.12. The second-order valence-electron chi connectivity index (χ2n) is 4.69. The van der Waals surface area contributed by atoms with E-state index in [1.165, 1.54) is 5.41 Å². The first-order valence-electron chi connectivity index (χ1n) is 6.14. The maximum absolute atomic E-state index is 12.3. The van der Waals surface area contributed by atoms with Crippen LogP contribution in [0, 0.1) is 13.8 Å². The maximum Gasteiger partial charge on any atom is 0.200 e. The van der Waals surface area contributed by atoms with E-state index in [-0.39, 0.29) is 0 Å². The molecule has 20 heavy (non-hydrogen) atoms. The second kappa shape index (κ2) is 6.10. The molecule has 2 aromatic carbocycles. The molecular weight excluding hydrogens is 383 g/mol. The summed E-state index contributed by atoms with van der Waals surface area (Å²) in [4.78, 5) is 0.323. The van der Waals surface area contributed by atoms with Crippen LogP contribution in [0.3, 0.4) is 0 Å². The fourth-order valence-electron chi connectivity index (χ4n) is 1.71. The van der Waals surface area contributed by atoms with Crippen LogP contribution >= 0.6 is 22.6 Å². The summed E-state index contributed by atoms with van der Waals surface area (Å²) >= 11 is 2.06. The molecule has 0 atom stereocenters. The van der Waals surface area contributed by atoms with Crippen molar-refractivity contribution in [2.45, 2.75) is 18.7 Å². The number of aryl methyl sites for hydroxylation is 2. The van der Waals surface area contributed by atoms with Crippen LogP contribution < -0.4 is 0 Å². The van der Waals surface area contributed by atoms with Crippen molar-refractivity contribution in [1.82, 2.24) is 0 Å². The molecule has 0 radical (unpaired) electrons. The van der Waals surface area contributed by atoms with Crippen LogP contribution in [-0.4, -0.2) is 8.42 Å². The van der Waals surface area contributed by atoms with E-state index < -0.39 is 9.84 Å². The smallest absolute Gasteiger partial charge is 0.200 e. The third-order valence-corrected chi connectivity index (χ3v) is 5.77. The SMILES string of the molecule is Cc1ccc(/C(I)=C/S(=O)(=O)c2ccc(C)cc2)cc1. The normalized spacial score (nSPS) is 12.4. The molecular formula is C16H15IO2S. The average Bonchev–Trinajstić information content (AvgIpc) is 2.39. The largest absolute Gasteiger partial charge is 0.219 e. The van der Waals surface area contributed by atoms with Gasteiger partial charge >= 0.3 is 0 Å². The van der Waals surface area contributed by atoms with E-state index in [4.69, 9.17) is 0 Å². The number of sulfone groups is 1. The summed E-state index contributed by atoms with van der Waals surface area (Å²) in [6.45, 7) is 3.94. The van der Waals surface area contributed by atoms with E-state index in [0.29, 0.717) is 8.48 Å². The maximum atomic E-state index is 12.3. The minimum absolute atomic E-state index is 0.323. The molecule has 104 valence electrons. The van der Waals surface area contributed by atoms with Crippen molar-refractivity contribution in [2.24, 2.45) is 0 Å². The number of halogens is 1. The highest BCUT2D eigenvalue weighted by molar-refractivity contribution is 14.1. The van der Waals surface area contributed by atoms with Crippen LogP contribution in [0.2, 0.25) is 0 Å². The van der Waals surface area contributed by atoms with Gasteiger partial charge in [-0.15, -0.1) is 0 Å². The van der Waals surface area contributed by atoms with Crippen molar-refractivity contribution < 1.29 is 8.42 Å². The average molecular weight is 398 g/mol. The van der Waals surface area contributed by atoms with Gasteiger partial charge in [-0.3, -0.25) is 0 Å². The Labute approximate surface area is 133 Å². The molecule has 0 aliphatic rings. The Morgan fingerprint density at radius 3 is 1.85 bits per heavy atom. The Kier molecular flexibility index (Phi) is 4.65. The number of hydrogen-bond donors (Lipinski definition) is 0. The van der Waals surface area contributed by atoms with E-state index in [1.807, 2.05) is 38.1 Å². The second-order valence-corrected chi connectivity index (χ2v) is 7.65. The zero-order valence-corrected chi connectivity index (χ0v) is 14.3. The van der Waals surface area contributed by atoms with Crippen molar-refractivity contribution in [3.8, 4) is 0 Å². The Hall–Kier alpha value is -1.14. The summed E-state index contributed by atoms with van der Waals surface area (Å²) in [6, 6.07) is 14.7. The Morgan fingerprint density at radius 2 is 1.35 bits per heavy atom. The molecule has 0 aliphatic carbocycles. The van der Waals surface area contributed by atoms with Crippen molar-refractivity contribution in [2.75, 3.05) is 0 Å². The zero-order valence-electron chi connectivity index (χ0n) is 11.3. The lowest BCUT2D eigenvalue weighted by atomic mass is 10.1. The molecule has 0 amide bonds. The van der Waals surface area contributed by atoms with Gasteiger partial charge in [0.2, 0.25) is 9.84 Å². The highest BCUT2D eigenvalue weighted by atomic mass is 127. The van der Waals surface area contributed by atoms with Crippen LogP contribution in [0.5, 0.6) is 0 Å². The molecule has 4 heteroatoms.